The lowest BCUT2D eigenvalue weighted by Gasteiger charge is -2.15. The molecule has 1 amide bonds. The van der Waals surface area contributed by atoms with Crippen molar-refractivity contribution >= 4 is 16.8 Å². The van der Waals surface area contributed by atoms with E-state index in [1.54, 1.807) is 0 Å². The van der Waals surface area contributed by atoms with Crippen LogP contribution in [0.15, 0.2) is 60.8 Å². The van der Waals surface area contributed by atoms with Crippen molar-refractivity contribution in [1.82, 2.24) is 10.3 Å². The molecule has 22 heavy (non-hydrogen) atoms. The number of carbonyl (C=O) groups excluding carboxylic acids is 1. The summed E-state index contributed by atoms with van der Waals surface area (Å²) < 4.78 is 0. The molecule has 1 fully saturated rings. The van der Waals surface area contributed by atoms with Crippen LogP contribution in [-0.2, 0) is 16.8 Å². The highest BCUT2D eigenvalue weighted by molar-refractivity contribution is 5.97. The van der Waals surface area contributed by atoms with E-state index >= 15 is 0 Å². The van der Waals surface area contributed by atoms with Crippen molar-refractivity contribution in [2.24, 2.45) is 0 Å². The van der Waals surface area contributed by atoms with Gasteiger partial charge in [-0.25, -0.2) is 0 Å². The molecular weight excluding hydrogens is 272 g/mol. The molecule has 0 spiro atoms. The summed E-state index contributed by atoms with van der Waals surface area (Å²) in [6.45, 7) is 0.587. The summed E-state index contributed by atoms with van der Waals surface area (Å²) in [5, 5.41) is 4.26. The van der Waals surface area contributed by atoms with Crippen LogP contribution in [0.2, 0.25) is 0 Å². The van der Waals surface area contributed by atoms with Gasteiger partial charge in [0.15, 0.2) is 0 Å². The Morgan fingerprint density at radius 1 is 1.05 bits per heavy atom. The van der Waals surface area contributed by atoms with Gasteiger partial charge < -0.3 is 10.3 Å². The molecule has 0 radical (unpaired) electrons. The molecule has 0 bridgehead atoms. The van der Waals surface area contributed by atoms with Crippen LogP contribution < -0.4 is 5.32 Å². The highest BCUT2D eigenvalue weighted by Crippen LogP contribution is 2.50. The first-order valence-corrected chi connectivity index (χ1v) is 7.68. The molecule has 4 rings (SSSR count). The highest BCUT2D eigenvalue weighted by Gasteiger charge is 2.52. The van der Waals surface area contributed by atoms with Gasteiger partial charge in [-0.05, 0) is 30.0 Å². The monoisotopic (exact) mass is 290 g/mol. The maximum Gasteiger partial charge on any atom is 0.231 e. The van der Waals surface area contributed by atoms with Gasteiger partial charge >= 0.3 is 0 Å². The van der Waals surface area contributed by atoms with Gasteiger partial charge in [-0.15, -0.1) is 0 Å². The van der Waals surface area contributed by atoms with Crippen LogP contribution in [0, 0.1) is 0 Å². The number of rotatable bonds is 4. The number of hydrogen-bond acceptors (Lipinski definition) is 1. The SMILES string of the molecule is O=C(NCc1ccccc1)C1(c2c[nH]c3ccccc23)CC1. The van der Waals surface area contributed by atoms with E-state index in [0.717, 1.165) is 34.9 Å². The number of aromatic nitrogens is 1. The molecule has 2 N–H and O–H groups in total. The predicted octanol–water partition coefficient (Wildman–Crippen LogP) is 3.52. The fraction of sp³-hybridized carbons (Fsp3) is 0.211. The Morgan fingerprint density at radius 2 is 1.77 bits per heavy atom. The van der Waals surface area contributed by atoms with Gasteiger partial charge in [0.2, 0.25) is 5.91 Å². The molecule has 3 heteroatoms. The van der Waals surface area contributed by atoms with Gasteiger partial charge in [-0.2, -0.15) is 0 Å². The second kappa shape index (κ2) is 5.02. The zero-order chi connectivity index (χ0) is 15.0. The minimum atomic E-state index is -0.339. The smallest absolute Gasteiger partial charge is 0.231 e. The Morgan fingerprint density at radius 3 is 2.55 bits per heavy atom. The average Bonchev–Trinajstić information content (AvgIpc) is 3.26. The van der Waals surface area contributed by atoms with Gasteiger partial charge in [-0.1, -0.05) is 48.5 Å². The summed E-state index contributed by atoms with van der Waals surface area (Å²) in [5.41, 5.74) is 3.02. The zero-order valence-electron chi connectivity index (χ0n) is 12.3. The zero-order valence-corrected chi connectivity index (χ0v) is 12.3. The number of carbonyl (C=O) groups is 1. The van der Waals surface area contributed by atoms with Crippen LogP contribution in [0.4, 0.5) is 0 Å². The van der Waals surface area contributed by atoms with Crippen LogP contribution in [0.5, 0.6) is 0 Å². The lowest BCUT2D eigenvalue weighted by atomic mass is 9.94. The molecule has 0 unspecified atom stereocenters. The molecule has 0 saturated heterocycles. The molecule has 0 atom stereocenters. The number of benzene rings is 2. The van der Waals surface area contributed by atoms with E-state index in [0.29, 0.717) is 6.54 Å². The first-order valence-electron chi connectivity index (χ1n) is 7.68. The number of fused-ring (bicyclic) bond motifs is 1. The normalized spacial score (nSPS) is 15.6. The fourth-order valence-electron chi connectivity index (χ4n) is 3.16. The Balaban J connectivity index is 1.57. The third-order valence-electron chi connectivity index (χ3n) is 4.59. The van der Waals surface area contributed by atoms with Gasteiger partial charge in [0, 0.05) is 23.6 Å². The Bertz CT molecular complexity index is 816. The second-order valence-electron chi connectivity index (χ2n) is 6.00. The summed E-state index contributed by atoms with van der Waals surface area (Å²) in [6, 6.07) is 18.2. The van der Waals surface area contributed by atoms with Crippen LogP contribution in [0.25, 0.3) is 10.9 Å². The first-order chi connectivity index (χ1) is 10.8. The number of hydrogen-bond donors (Lipinski definition) is 2. The van der Waals surface area contributed by atoms with E-state index in [-0.39, 0.29) is 11.3 Å². The average molecular weight is 290 g/mol. The maximum absolute atomic E-state index is 12.7. The van der Waals surface area contributed by atoms with Crippen LogP contribution in [0.1, 0.15) is 24.0 Å². The van der Waals surface area contributed by atoms with E-state index in [1.165, 1.54) is 0 Å². The third-order valence-corrected chi connectivity index (χ3v) is 4.59. The van der Waals surface area contributed by atoms with Crippen molar-refractivity contribution in [3.63, 3.8) is 0 Å². The van der Waals surface area contributed by atoms with E-state index in [2.05, 4.69) is 22.4 Å². The van der Waals surface area contributed by atoms with Gasteiger partial charge in [0.05, 0.1) is 5.41 Å². The standard InChI is InChI=1S/C19H18N2O/c22-18(21-12-14-6-2-1-3-7-14)19(10-11-19)16-13-20-17-9-5-4-8-15(16)17/h1-9,13,20H,10-12H2,(H,21,22). The molecule has 1 saturated carbocycles. The molecule has 0 aliphatic heterocycles. The summed E-state index contributed by atoms with van der Waals surface area (Å²) in [7, 11) is 0. The Kier molecular flexibility index (Phi) is 3.00. The minimum Gasteiger partial charge on any atom is -0.361 e. The van der Waals surface area contributed by atoms with Crippen molar-refractivity contribution in [1.29, 1.82) is 0 Å². The number of nitrogens with one attached hydrogen (secondary N) is 2. The van der Waals surface area contributed by atoms with Crippen molar-refractivity contribution < 1.29 is 4.79 Å². The molecule has 3 nitrogen and oxygen atoms in total. The Hall–Kier alpha value is -2.55. The Labute approximate surface area is 129 Å². The van der Waals surface area contributed by atoms with E-state index in [9.17, 15) is 4.79 Å². The molecule has 3 aromatic rings. The summed E-state index contributed by atoms with van der Waals surface area (Å²) in [5.74, 6) is 0.140. The van der Waals surface area contributed by atoms with E-state index in [1.807, 2.05) is 48.7 Å². The lowest BCUT2D eigenvalue weighted by molar-refractivity contribution is -0.123. The quantitative estimate of drug-likeness (QED) is 0.758. The van der Waals surface area contributed by atoms with Crippen molar-refractivity contribution in [2.75, 3.05) is 0 Å². The largest absolute Gasteiger partial charge is 0.361 e. The molecule has 1 aromatic heterocycles. The highest BCUT2D eigenvalue weighted by atomic mass is 16.2. The lowest BCUT2D eigenvalue weighted by Crippen LogP contribution is -2.34. The molecule has 1 aliphatic carbocycles. The third kappa shape index (κ3) is 2.10. The second-order valence-corrected chi connectivity index (χ2v) is 6.00. The number of amides is 1. The fourth-order valence-corrected chi connectivity index (χ4v) is 3.16. The van der Waals surface area contributed by atoms with Gasteiger partial charge in [0.25, 0.3) is 0 Å². The van der Waals surface area contributed by atoms with Gasteiger partial charge in [-0.3, -0.25) is 4.79 Å². The number of H-pyrrole nitrogens is 1. The van der Waals surface area contributed by atoms with E-state index < -0.39 is 0 Å². The van der Waals surface area contributed by atoms with Gasteiger partial charge in [0.1, 0.15) is 0 Å². The minimum absolute atomic E-state index is 0.140. The number of aromatic amines is 1. The molecule has 1 heterocycles. The predicted molar refractivity (Wildman–Crippen MR) is 87.5 cm³/mol. The van der Waals surface area contributed by atoms with Crippen LogP contribution >= 0.6 is 0 Å². The van der Waals surface area contributed by atoms with E-state index in [4.69, 9.17) is 0 Å². The summed E-state index contributed by atoms with van der Waals surface area (Å²) in [4.78, 5) is 16.0. The molecule has 2 aromatic carbocycles. The molecular formula is C19H18N2O. The summed E-state index contributed by atoms with van der Waals surface area (Å²) in [6.07, 6.45) is 3.85. The first kappa shape index (κ1) is 13.1. The van der Waals surface area contributed by atoms with Crippen molar-refractivity contribution in [3.05, 3.63) is 71.9 Å². The van der Waals surface area contributed by atoms with Crippen molar-refractivity contribution in [3.8, 4) is 0 Å². The van der Waals surface area contributed by atoms with Crippen molar-refractivity contribution in [2.45, 2.75) is 24.8 Å². The topological polar surface area (TPSA) is 44.9 Å². The van der Waals surface area contributed by atoms with Crippen LogP contribution in [-0.4, -0.2) is 10.9 Å². The molecule has 110 valence electrons. The maximum atomic E-state index is 12.7. The molecule has 1 aliphatic rings. The summed E-state index contributed by atoms with van der Waals surface area (Å²) >= 11 is 0. The number of para-hydroxylation sites is 1. The van der Waals surface area contributed by atoms with Crippen LogP contribution in [0.3, 0.4) is 0 Å².